The van der Waals surface area contributed by atoms with Crippen LogP contribution in [0.3, 0.4) is 0 Å². The zero-order valence-electron chi connectivity index (χ0n) is 18.0. The molecule has 0 fully saturated rings. The first-order valence-electron chi connectivity index (χ1n) is 10.5. The van der Waals surface area contributed by atoms with E-state index >= 15 is 0 Å². The maximum Gasteiger partial charge on any atom is 0.182 e. The van der Waals surface area contributed by atoms with E-state index in [1.54, 1.807) is 18.2 Å². The Hall–Kier alpha value is -4.65. The zero-order valence-corrected chi connectivity index (χ0v) is 18.0. The molecule has 4 rings (SSSR count). The number of nitrogens with zero attached hydrogens (tertiary/aromatic N) is 5. The van der Waals surface area contributed by atoms with E-state index in [2.05, 4.69) is 4.57 Å². The molecule has 1 aliphatic carbocycles. The molecule has 2 aromatic carbocycles. The van der Waals surface area contributed by atoms with Crippen molar-refractivity contribution in [3.8, 4) is 41.2 Å². The van der Waals surface area contributed by atoms with Crippen LogP contribution in [0.4, 0.5) is 0 Å². The monoisotopic (exact) mass is 429 g/mol. The summed E-state index contributed by atoms with van der Waals surface area (Å²) in [7, 11) is 0. The van der Waals surface area contributed by atoms with Crippen LogP contribution < -0.4 is 0 Å². The standard InChI is InChI=1S/C27H19N5O/c1-18-6-5-9-21(12-18)32-24-11-10-23(27(16-30,17-31)20(14-28)15-29)26(33)22(24)13-25(32)19-7-3-2-4-8-19/h2-9,12-13,20,23H,10-11H2,1H3. The van der Waals surface area contributed by atoms with E-state index < -0.39 is 17.3 Å². The predicted octanol–water partition coefficient (Wildman–Crippen LogP) is 4.89. The lowest BCUT2D eigenvalue weighted by atomic mass is 9.63. The van der Waals surface area contributed by atoms with Crippen molar-refractivity contribution >= 4 is 5.78 Å². The van der Waals surface area contributed by atoms with Crippen molar-refractivity contribution in [3.63, 3.8) is 0 Å². The molecular weight excluding hydrogens is 410 g/mol. The van der Waals surface area contributed by atoms with Crippen LogP contribution in [0, 0.1) is 69.5 Å². The van der Waals surface area contributed by atoms with Crippen LogP contribution in [0.25, 0.3) is 16.9 Å². The van der Waals surface area contributed by atoms with Gasteiger partial charge < -0.3 is 4.57 Å². The van der Waals surface area contributed by atoms with Crippen molar-refractivity contribution in [2.24, 2.45) is 17.3 Å². The summed E-state index contributed by atoms with van der Waals surface area (Å²) in [5.74, 6) is -2.95. The maximum atomic E-state index is 13.7. The molecule has 0 saturated carbocycles. The van der Waals surface area contributed by atoms with Gasteiger partial charge >= 0.3 is 0 Å². The third-order valence-corrected chi connectivity index (χ3v) is 6.32. The van der Waals surface area contributed by atoms with Crippen molar-refractivity contribution in [3.05, 3.63) is 77.5 Å². The molecule has 0 aliphatic heterocycles. The number of nitriles is 4. The van der Waals surface area contributed by atoms with Crippen molar-refractivity contribution in [1.29, 1.82) is 21.0 Å². The minimum absolute atomic E-state index is 0.205. The summed E-state index contributed by atoms with van der Waals surface area (Å²) in [6.45, 7) is 2.00. The zero-order chi connectivity index (χ0) is 23.6. The fourth-order valence-electron chi connectivity index (χ4n) is 4.67. The molecule has 0 spiro atoms. The normalized spacial score (nSPS) is 15.1. The van der Waals surface area contributed by atoms with Gasteiger partial charge in [-0.05, 0) is 49.1 Å². The Morgan fingerprint density at radius 2 is 1.67 bits per heavy atom. The topological polar surface area (TPSA) is 117 Å². The van der Waals surface area contributed by atoms with Gasteiger partial charge in [-0.25, -0.2) is 0 Å². The minimum Gasteiger partial charge on any atom is -0.313 e. The quantitative estimate of drug-likeness (QED) is 0.585. The highest BCUT2D eigenvalue weighted by Crippen LogP contribution is 2.44. The smallest absolute Gasteiger partial charge is 0.182 e. The second-order valence-electron chi connectivity index (χ2n) is 8.17. The summed E-state index contributed by atoms with van der Waals surface area (Å²) in [6.07, 6.45) is 0.637. The molecule has 158 valence electrons. The average Bonchev–Trinajstić information content (AvgIpc) is 3.24. The fourth-order valence-corrected chi connectivity index (χ4v) is 4.67. The number of hydrogen-bond donors (Lipinski definition) is 0. The summed E-state index contributed by atoms with van der Waals surface area (Å²) in [4.78, 5) is 13.7. The van der Waals surface area contributed by atoms with E-state index in [9.17, 15) is 25.8 Å². The Balaban J connectivity index is 1.93. The van der Waals surface area contributed by atoms with Crippen LogP contribution in [0.2, 0.25) is 0 Å². The molecular formula is C27H19N5O. The molecule has 0 saturated heterocycles. The third-order valence-electron chi connectivity index (χ3n) is 6.32. The van der Waals surface area contributed by atoms with Gasteiger partial charge in [0.2, 0.25) is 0 Å². The third kappa shape index (κ3) is 3.36. The van der Waals surface area contributed by atoms with E-state index in [1.807, 2.05) is 73.7 Å². The number of aromatic nitrogens is 1. The molecule has 0 N–H and O–H groups in total. The first-order valence-corrected chi connectivity index (χ1v) is 10.5. The second kappa shape index (κ2) is 8.47. The first kappa shape index (κ1) is 21.6. The van der Waals surface area contributed by atoms with Crippen molar-refractivity contribution in [2.75, 3.05) is 0 Å². The lowest BCUT2D eigenvalue weighted by molar-refractivity contribution is 0.0819. The number of aryl methyl sites for hydroxylation is 1. The second-order valence-corrected chi connectivity index (χ2v) is 8.17. The minimum atomic E-state index is -2.02. The van der Waals surface area contributed by atoms with Crippen molar-refractivity contribution in [1.82, 2.24) is 4.57 Å². The number of Topliss-reactive ketones (excluding diaryl/α,β-unsaturated/α-hetero) is 1. The Morgan fingerprint density at radius 3 is 2.27 bits per heavy atom. The van der Waals surface area contributed by atoms with E-state index in [0.717, 1.165) is 28.2 Å². The van der Waals surface area contributed by atoms with Crippen LogP contribution >= 0.6 is 0 Å². The SMILES string of the molecule is Cc1cccc(-n2c(-c3ccccc3)cc3c2CCC(C(C#N)(C#N)C(C#N)C#N)C3=O)c1. The van der Waals surface area contributed by atoms with Crippen LogP contribution in [0.15, 0.2) is 60.7 Å². The highest BCUT2D eigenvalue weighted by atomic mass is 16.1. The van der Waals surface area contributed by atoms with Gasteiger partial charge in [0.1, 0.15) is 0 Å². The highest BCUT2D eigenvalue weighted by Gasteiger charge is 2.53. The van der Waals surface area contributed by atoms with Gasteiger partial charge in [0.25, 0.3) is 0 Å². The summed E-state index contributed by atoms with van der Waals surface area (Å²) in [5, 5.41) is 38.5. The van der Waals surface area contributed by atoms with E-state index in [4.69, 9.17) is 0 Å². The molecule has 33 heavy (non-hydrogen) atoms. The molecule has 1 aromatic heterocycles. The summed E-state index contributed by atoms with van der Waals surface area (Å²) >= 11 is 0. The number of ketones is 1. The van der Waals surface area contributed by atoms with Crippen LogP contribution in [0.5, 0.6) is 0 Å². The van der Waals surface area contributed by atoms with E-state index in [0.29, 0.717) is 12.0 Å². The maximum absolute atomic E-state index is 13.7. The van der Waals surface area contributed by atoms with Gasteiger partial charge in [0, 0.05) is 16.9 Å². The van der Waals surface area contributed by atoms with Crippen molar-refractivity contribution in [2.45, 2.75) is 19.8 Å². The Bertz CT molecular complexity index is 1380. The van der Waals surface area contributed by atoms with Gasteiger partial charge in [-0.2, -0.15) is 21.0 Å². The van der Waals surface area contributed by atoms with E-state index in [-0.39, 0.29) is 12.2 Å². The Morgan fingerprint density at radius 1 is 0.970 bits per heavy atom. The summed E-state index contributed by atoms with van der Waals surface area (Å²) in [5.41, 5.74) is 2.96. The molecule has 3 aromatic rings. The Labute approximate surface area is 192 Å². The molecule has 6 nitrogen and oxygen atoms in total. The number of fused-ring (bicyclic) bond motifs is 1. The number of benzene rings is 2. The van der Waals surface area contributed by atoms with E-state index in [1.165, 1.54) is 0 Å². The molecule has 1 unspecified atom stereocenters. The van der Waals surface area contributed by atoms with Gasteiger partial charge in [-0.3, -0.25) is 4.79 Å². The van der Waals surface area contributed by atoms with Crippen molar-refractivity contribution < 1.29 is 4.79 Å². The molecule has 1 heterocycles. The van der Waals surface area contributed by atoms with Gasteiger partial charge in [0.15, 0.2) is 17.1 Å². The number of carbonyl (C=O) groups excluding carboxylic acids is 1. The Kier molecular flexibility index (Phi) is 5.54. The number of carbonyl (C=O) groups is 1. The molecule has 1 atom stereocenters. The predicted molar refractivity (Wildman–Crippen MR) is 120 cm³/mol. The molecule has 0 amide bonds. The summed E-state index contributed by atoms with van der Waals surface area (Å²) < 4.78 is 2.05. The van der Waals surface area contributed by atoms with Crippen LogP contribution in [-0.2, 0) is 6.42 Å². The molecule has 0 bridgehead atoms. The van der Waals surface area contributed by atoms with Gasteiger partial charge in [-0.15, -0.1) is 0 Å². The summed E-state index contributed by atoms with van der Waals surface area (Å²) in [6, 6.07) is 26.7. The fraction of sp³-hybridized carbons (Fsp3) is 0.222. The number of hydrogen-bond acceptors (Lipinski definition) is 5. The van der Waals surface area contributed by atoms with Gasteiger partial charge in [-0.1, -0.05) is 42.5 Å². The lowest BCUT2D eigenvalue weighted by Gasteiger charge is -2.31. The number of rotatable bonds is 4. The molecule has 1 aliphatic rings. The largest absolute Gasteiger partial charge is 0.313 e. The van der Waals surface area contributed by atoms with Crippen LogP contribution in [0.1, 0.15) is 28.0 Å². The highest BCUT2D eigenvalue weighted by molar-refractivity contribution is 6.02. The van der Waals surface area contributed by atoms with Crippen LogP contribution in [-0.4, -0.2) is 10.4 Å². The van der Waals surface area contributed by atoms with Gasteiger partial charge in [0.05, 0.1) is 35.9 Å². The molecule has 0 radical (unpaired) electrons. The first-order chi connectivity index (χ1) is 16.0. The average molecular weight is 429 g/mol. The lowest BCUT2D eigenvalue weighted by Crippen LogP contribution is -2.41. The molecule has 6 heteroatoms.